The Morgan fingerprint density at radius 3 is 2.76 bits per heavy atom. The van der Waals surface area contributed by atoms with E-state index in [9.17, 15) is 0 Å². The molecule has 0 aliphatic carbocycles. The van der Waals surface area contributed by atoms with Gasteiger partial charge in [0.25, 0.3) is 0 Å². The molecule has 37 heavy (non-hydrogen) atoms. The summed E-state index contributed by atoms with van der Waals surface area (Å²) in [7, 11) is 1.82. The summed E-state index contributed by atoms with van der Waals surface area (Å²) in [5.74, 6) is 1.47. The number of imidazole rings is 1. The van der Waals surface area contributed by atoms with Crippen LogP contribution in [-0.4, -0.2) is 58.0 Å². The highest BCUT2D eigenvalue weighted by Gasteiger charge is 2.33. The van der Waals surface area contributed by atoms with E-state index in [-0.39, 0.29) is 5.54 Å². The van der Waals surface area contributed by atoms with Crippen molar-refractivity contribution in [2.75, 3.05) is 32.2 Å². The van der Waals surface area contributed by atoms with Gasteiger partial charge in [0.15, 0.2) is 0 Å². The van der Waals surface area contributed by atoms with Crippen molar-refractivity contribution >= 4 is 23.3 Å². The molecule has 0 atom stereocenters. The predicted molar refractivity (Wildman–Crippen MR) is 144 cm³/mol. The number of ether oxygens (including phenoxy) is 2. The van der Waals surface area contributed by atoms with Crippen LogP contribution in [0.4, 0.5) is 5.82 Å². The van der Waals surface area contributed by atoms with Gasteiger partial charge in [-0.2, -0.15) is 0 Å². The number of allylic oxidation sites excluding steroid dienone is 1. The zero-order chi connectivity index (χ0) is 25.7. The van der Waals surface area contributed by atoms with E-state index in [2.05, 4.69) is 25.6 Å². The van der Waals surface area contributed by atoms with E-state index in [1.165, 1.54) is 6.21 Å². The average Bonchev–Trinajstić information content (AvgIpc) is 3.33. The van der Waals surface area contributed by atoms with Gasteiger partial charge >= 0.3 is 0 Å². The standard InChI is InChI=1S/C27H30N8O2/c1-30-14-21(12-28)20-4-2-19(3-5-20)13-31-25-11-23(33-18-34-25)24-15-32-26-10-22(6-8-35(24)26)37-9-7-27(29)16-36-17-27/h2-6,8,10-12,14-15,18,28,30H,7,9,13,16-17,29H2,1H3,(H,31,33,34)/b21-14+,28-12?. The largest absolute Gasteiger partial charge is 0.493 e. The minimum Gasteiger partial charge on any atom is -0.493 e. The molecular formula is C27H30N8O2. The number of nitrogens with one attached hydrogen (secondary N) is 3. The molecule has 1 fully saturated rings. The first-order valence-electron chi connectivity index (χ1n) is 12.1. The first kappa shape index (κ1) is 24.4. The zero-order valence-electron chi connectivity index (χ0n) is 20.6. The second-order valence-electron chi connectivity index (χ2n) is 9.06. The number of benzene rings is 1. The summed E-state index contributed by atoms with van der Waals surface area (Å²) < 4.78 is 13.1. The molecule has 0 saturated carbocycles. The Bertz CT molecular complexity index is 1410. The molecule has 10 heteroatoms. The van der Waals surface area contributed by atoms with Gasteiger partial charge in [0, 0.05) is 56.3 Å². The van der Waals surface area contributed by atoms with Gasteiger partial charge in [-0.1, -0.05) is 24.3 Å². The fraction of sp³-hybridized carbons (Fsp3) is 0.259. The number of rotatable bonds is 11. The number of hydrogen-bond acceptors (Lipinski definition) is 9. The fourth-order valence-corrected chi connectivity index (χ4v) is 4.09. The third kappa shape index (κ3) is 5.60. The molecule has 1 saturated heterocycles. The Morgan fingerprint density at radius 2 is 2.03 bits per heavy atom. The maximum Gasteiger partial charge on any atom is 0.140 e. The van der Waals surface area contributed by atoms with Crippen LogP contribution < -0.4 is 21.1 Å². The third-order valence-corrected chi connectivity index (χ3v) is 6.28. The monoisotopic (exact) mass is 498 g/mol. The van der Waals surface area contributed by atoms with Crippen LogP contribution in [0.15, 0.2) is 67.4 Å². The maximum atomic E-state index is 7.56. The van der Waals surface area contributed by atoms with Crippen LogP contribution >= 0.6 is 0 Å². The lowest BCUT2D eigenvalue weighted by molar-refractivity contribution is -0.0616. The third-order valence-electron chi connectivity index (χ3n) is 6.28. The fourth-order valence-electron chi connectivity index (χ4n) is 4.09. The van der Waals surface area contributed by atoms with Gasteiger partial charge in [0.05, 0.1) is 42.9 Å². The van der Waals surface area contributed by atoms with Crippen LogP contribution in [0.5, 0.6) is 5.75 Å². The van der Waals surface area contributed by atoms with E-state index in [4.69, 9.17) is 20.6 Å². The van der Waals surface area contributed by atoms with E-state index < -0.39 is 0 Å². The van der Waals surface area contributed by atoms with Crippen LogP contribution in [0.1, 0.15) is 17.5 Å². The lowest BCUT2D eigenvalue weighted by Gasteiger charge is -2.37. The minimum absolute atomic E-state index is 0.263. The molecule has 1 aliphatic rings. The van der Waals surface area contributed by atoms with Crippen LogP contribution in [0.2, 0.25) is 0 Å². The first-order chi connectivity index (χ1) is 18.1. The number of nitrogens with zero attached hydrogens (tertiary/aromatic N) is 4. The predicted octanol–water partition coefficient (Wildman–Crippen LogP) is 3.11. The quantitative estimate of drug-likeness (QED) is 0.232. The molecule has 1 aliphatic heterocycles. The van der Waals surface area contributed by atoms with Crippen molar-refractivity contribution in [2.45, 2.75) is 18.5 Å². The summed E-state index contributed by atoms with van der Waals surface area (Å²) in [6.45, 7) is 2.31. The molecule has 3 aromatic heterocycles. The summed E-state index contributed by atoms with van der Waals surface area (Å²) in [4.78, 5) is 13.4. The van der Waals surface area contributed by atoms with Crippen LogP contribution in [0.3, 0.4) is 0 Å². The van der Waals surface area contributed by atoms with Gasteiger partial charge in [-0.25, -0.2) is 15.0 Å². The van der Waals surface area contributed by atoms with E-state index in [0.29, 0.717) is 26.4 Å². The second kappa shape index (κ2) is 10.8. The normalized spacial score (nSPS) is 14.7. The molecule has 0 spiro atoms. The van der Waals surface area contributed by atoms with E-state index >= 15 is 0 Å². The van der Waals surface area contributed by atoms with Crippen molar-refractivity contribution in [3.8, 4) is 17.1 Å². The molecule has 0 unspecified atom stereocenters. The maximum absolute atomic E-state index is 7.56. The van der Waals surface area contributed by atoms with Crippen LogP contribution in [0.25, 0.3) is 22.6 Å². The van der Waals surface area contributed by atoms with Crippen molar-refractivity contribution in [2.24, 2.45) is 5.73 Å². The zero-order valence-corrected chi connectivity index (χ0v) is 20.6. The molecule has 5 N–H and O–H groups in total. The smallest absolute Gasteiger partial charge is 0.140 e. The Kier molecular flexibility index (Phi) is 7.11. The molecular weight excluding hydrogens is 468 g/mol. The summed E-state index contributed by atoms with van der Waals surface area (Å²) in [5, 5.41) is 13.9. The van der Waals surface area contributed by atoms with Gasteiger partial charge in [-0.15, -0.1) is 0 Å². The highest BCUT2D eigenvalue weighted by atomic mass is 16.5. The number of pyridine rings is 1. The lowest BCUT2D eigenvalue weighted by atomic mass is 9.95. The van der Waals surface area contributed by atoms with Gasteiger partial charge in [0.2, 0.25) is 0 Å². The topological polar surface area (TPSA) is 135 Å². The molecule has 10 nitrogen and oxygen atoms in total. The Hall–Kier alpha value is -4.28. The number of hydrogen-bond donors (Lipinski definition) is 4. The Morgan fingerprint density at radius 1 is 1.19 bits per heavy atom. The van der Waals surface area contributed by atoms with Gasteiger partial charge < -0.3 is 31.3 Å². The highest BCUT2D eigenvalue weighted by molar-refractivity contribution is 6.08. The van der Waals surface area contributed by atoms with Gasteiger partial charge in [-0.05, 0) is 17.2 Å². The van der Waals surface area contributed by atoms with Crippen LogP contribution in [-0.2, 0) is 11.3 Å². The van der Waals surface area contributed by atoms with Gasteiger partial charge in [-0.3, -0.25) is 4.40 Å². The molecule has 0 amide bonds. The van der Waals surface area contributed by atoms with Crippen molar-refractivity contribution in [3.63, 3.8) is 0 Å². The molecule has 0 bridgehead atoms. The molecule has 190 valence electrons. The summed E-state index contributed by atoms with van der Waals surface area (Å²) in [5.41, 5.74) is 11.2. The molecule has 4 aromatic rings. The van der Waals surface area contributed by atoms with Crippen LogP contribution in [0, 0.1) is 5.41 Å². The van der Waals surface area contributed by atoms with Gasteiger partial charge in [0.1, 0.15) is 23.5 Å². The molecule has 4 heterocycles. The first-order valence-corrected chi connectivity index (χ1v) is 12.1. The van der Waals surface area contributed by atoms with E-state index in [1.807, 2.05) is 60.1 Å². The average molecular weight is 499 g/mol. The SMILES string of the molecule is CN/C=C(\C=N)c1ccc(CNc2cc(-c3cnc4cc(OCCC5(N)COC5)ccn34)ncn2)cc1. The summed E-state index contributed by atoms with van der Waals surface area (Å²) >= 11 is 0. The van der Waals surface area contributed by atoms with Crippen molar-refractivity contribution in [1.29, 1.82) is 5.41 Å². The summed E-state index contributed by atoms with van der Waals surface area (Å²) in [6.07, 6.45) is 9.16. The minimum atomic E-state index is -0.263. The van der Waals surface area contributed by atoms with E-state index in [0.717, 1.165) is 51.7 Å². The number of aromatic nitrogens is 4. The van der Waals surface area contributed by atoms with Crippen molar-refractivity contribution in [1.82, 2.24) is 24.7 Å². The lowest BCUT2D eigenvalue weighted by Crippen LogP contribution is -2.58. The molecule has 0 radical (unpaired) electrons. The molecule has 1 aromatic carbocycles. The number of fused-ring (bicyclic) bond motifs is 1. The van der Waals surface area contributed by atoms with Crippen molar-refractivity contribution < 1.29 is 9.47 Å². The molecule has 5 rings (SSSR count). The van der Waals surface area contributed by atoms with Crippen molar-refractivity contribution in [3.05, 3.63) is 78.5 Å². The Labute approximate surface area is 215 Å². The highest BCUT2D eigenvalue weighted by Crippen LogP contribution is 2.24. The Balaban J connectivity index is 1.24. The van der Waals surface area contributed by atoms with E-state index in [1.54, 1.807) is 18.7 Å². The number of anilines is 1. The second-order valence-corrected chi connectivity index (χ2v) is 9.06. The summed E-state index contributed by atoms with van der Waals surface area (Å²) in [6, 6.07) is 13.8. The number of nitrogens with two attached hydrogens (primary N) is 1.